The van der Waals surface area contributed by atoms with E-state index >= 15 is 0 Å². The number of hydrogen-bond donors (Lipinski definition) is 0. The van der Waals surface area contributed by atoms with E-state index < -0.39 is 10.6 Å². The standard InChI is InChI=1S/C11H12Cl2O/c1-6-4-5-9(8(3)7(6)2)10(12)11(13)14/h4-5,10H,1-3H3. The molecule has 14 heavy (non-hydrogen) atoms. The molecule has 1 nitrogen and oxygen atoms in total. The van der Waals surface area contributed by atoms with Crippen LogP contribution in [0.2, 0.25) is 0 Å². The van der Waals surface area contributed by atoms with Crippen molar-refractivity contribution < 1.29 is 4.79 Å². The first-order valence-electron chi connectivity index (χ1n) is 4.35. The zero-order valence-corrected chi connectivity index (χ0v) is 9.91. The highest BCUT2D eigenvalue weighted by Crippen LogP contribution is 2.28. The van der Waals surface area contributed by atoms with Crippen molar-refractivity contribution in [1.29, 1.82) is 0 Å². The van der Waals surface area contributed by atoms with Gasteiger partial charge in [-0.2, -0.15) is 0 Å². The lowest BCUT2D eigenvalue weighted by Gasteiger charge is -2.12. The highest BCUT2D eigenvalue weighted by atomic mass is 35.5. The van der Waals surface area contributed by atoms with Gasteiger partial charge < -0.3 is 0 Å². The summed E-state index contributed by atoms with van der Waals surface area (Å²) in [6, 6.07) is 3.81. The lowest BCUT2D eigenvalue weighted by molar-refractivity contribution is -0.111. The first kappa shape index (κ1) is 11.5. The summed E-state index contributed by atoms with van der Waals surface area (Å²) in [4.78, 5) is 10.9. The highest BCUT2D eigenvalue weighted by Gasteiger charge is 2.18. The zero-order chi connectivity index (χ0) is 10.9. The summed E-state index contributed by atoms with van der Waals surface area (Å²) in [5.74, 6) is 0. The van der Waals surface area contributed by atoms with Crippen molar-refractivity contribution in [1.82, 2.24) is 0 Å². The van der Waals surface area contributed by atoms with E-state index in [0.29, 0.717) is 0 Å². The molecule has 1 aromatic carbocycles. The van der Waals surface area contributed by atoms with Crippen LogP contribution in [-0.2, 0) is 4.79 Å². The zero-order valence-electron chi connectivity index (χ0n) is 8.40. The number of halogens is 2. The van der Waals surface area contributed by atoms with E-state index in [9.17, 15) is 4.79 Å². The second kappa shape index (κ2) is 4.33. The minimum absolute atomic E-state index is 0.530. The van der Waals surface area contributed by atoms with Gasteiger partial charge >= 0.3 is 0 Å². The molecule has 0 N–H and O–H groups in total. The Morgan fingerprint density at radius 2 is 1.79 bits per heavy atom. The van der Waals surface area contributed by atoms with Crippen molar-refractivity contribution in [3.05, 3.63) is 34.4 Å². The van der Waals surface area contributed by atoms with E-state index in [1.54, 1.807) is 0 Å². The van der Waals surface area contributed by atoms with Gasteiger partial charge in [0.15, 0.2) is 0 Å². The molecule has 0 bridgehead atoms. The van der Waals surface area contributed by atoms with E-state index in [-0.39, 0.29) is 0 Å². The Morgan fingerprint density at radius 1 is 1.21 bits per heavy atom. The fourth-order valence-corrected chi connectivity index (χ4v) is 1.73. The van der Waals surface area contributed by atoms with Crippen molar-refractivity contribution in [3.63, 3.8) is 0 Å². The molecule has 0 aliphatic heterocycles. The first-order chi connectivity index (χ1) is 6.45. The Bertz CT molecular complexity index is 372. The lowest BCUT2D eigenvalue weighted by atomic mass is 9.97. The molecule has 0 aliphatic rings. The molecule has 1 atom stereocenters. The highest BCUT2D eigenvalue weighted by molar-refractivity contribution is 6.68. The van der Waals surface area contributed by atoms with Crippen molar-refractivity contribution in [2.24, 2.45) is 0 Å². The maximum atomic E-state index is 10.9. The van der Waals surface area contributed by atoms with Gasteiger partial charge in [-0.25, -0.2) is 0 Å². The van der Waals surface area contributed by atoms with Crippen molar-refractivity contribution in [2.45, 2.75) is 26.1 Å². The van der Waals surface area contributed by atoms with Gasteiger partial charge in [0.05, 0.1) is 0 Å². The average Bonchev–Trinajstić information content (AvgIpc) is 2.13. The molecule has 0 saturated carbocycles. The molecule has 0 radical (unpaired) electrons. The summed E-state index contributed by atoms with van der Waals surface area (Å²) < 4.78 is 0. The van der Waals surface area contributed by atoms with Crippen LogP contribution in [0.25, 0.3) is 0 Å². The van der Waals surface area contributed by atoms with Crippen LogP contribution in [0, 0.1) is 20.8 Å². The molecule has 1 unspecified atom stereocenters. The summed E-state index contributed by atoms with van der Waals surface area (Å²) in [6.07, 6.45) is 0. The summed E-state index contributed by atoms with van der Waals surface area (Å²) in [5.41, 5.74) is 4.19. The topological polar surface area (TPSA) is 17.1 Å². The number of hydrogen-bond acceptors (Lipinski definition) is 1. The molecule has 0 spiro atoms. The predicted octanol–water partition coefficient (Wildman–Crippen LogP) is 3.66. The number of alkyl halides is 1. The van der Waals surface area contributed by atoms with Crippen LogP contribution in [0.5, 0.6) is 0 Å². The smallest absolute Gasteiger partial charge is 0.244 e. The molecule has 76 valence electrons. The van der Waals surface area contributed by atoms with Gasteiger partial charge in [0.2, 0.25) is 5.24 Å². The normalized spacial score (nSPS) is 12.6. The lowest BCUT2D eigenvalue weighted by Crippen LogP contribution is -2.03. The molecule has 0 heterocycles. The van der Waals surface area contributed by atoms with Crippen LogP contribution in [0.1, 0.15) is 27.6 Å². The third-order valence-electron chi connectivity index (χ3n) is 2.57. The first-order valence-corrected chi connectivity index (χ1v) is 5.16. The van der Waals surface area contributed by atoms with Crippen molar-refractivity contribution in [2.75, 3.05) is 0 Å². The van der Waals surface area contributed by atoms with Gasteiger partial charge in [0, 0.05) is 0 Å². The quantitative estimate of drug-likeness (QED) is 0.560. The SMILES string of the molecule is Cc1ccc(C(Cl)C(=O)Cl)c(C)c1C. The fraction of sp³-hybridized carbons (Fsp3) is 0.364. The number of carbonyl (C=O) groups excluding carboxylic acids is 1. The maximum Gasteiger partial charge on any atom is 0.244 e. The number of rotatable bonds is 2. The molecule has 0 aliphatic carbocycles. The van der Waals surface area contributed by atoms with Gasteiger partial charge in [-0.05, 0) is 54.6 Å². The molecule has 3 heteroatoms. The number of carbonyl (C=O) groups is 1. The third-order valence-corrected chi connectivity index (χ3v) is 3.34. The predicted molar refractivity (Wildman–Crippen MR) is 60.1 cm³/mol. The van der Waals surface area contributed by atoms with Crippen LogP contribution in [0.3, 0.4) is 0 Å². The molecular weight excluding hydrogens is 219 g/mol. The van der Waals surface area contributed by atoms with Crippen molar-refractivity contribution >= 4 is 28.4 Å². The minimum Gasteiger partial charge on any atom is -0.279 e. The Morgan fingerprint density at radius 3 is 2.29 bits per heavy atom. The van der Waals surface area contributed by atoms with E-state index in [0.717, 1.165) is 16.7 Å². The maximum absolute atomic E-state index is 10.9. The fourth-order valence-electron chi connectivity index (χ4n) is 1.37. The van der Waals surface area contributed by atoms with Crippen LogP contribution in [-0.4, -0.2) is 5.24 Å². The second-order valence-electron chi connectivity index (χ2n) is 3.39. The molecular formula is C11H12Cl2O. The van der Waals surface area contributed by atoms with Gasteiger partial charge in [-0.3, -0.25) is 4.79 Å². The molecule has 1 aromatic rings. The van der Waals surface area contributed by atoms with Gasteiger partial charge in [-0.15, -0.1) is 11.6 Å². The van der Waals surface area contributed by atoms with Gasteiger partial charge in [-0.1, -0.05) is 12.1 Å². The van der Waals surface area contributed by atoms with Crippen LogP contribution >= 0.6 is 23.2 Å². The van der Waals surface area contributed by atoms with E-state index in [4.69, 9.17) is 23.2 Å². The molecule has 0 aromatic heterocycles. The van der Waals surface area contributed by atoms with E-state index in [1.807, 2.05) is 32.9 Å². The summed E-state index contributed by atoms with van der Waals surface area (Å²) in [7, 11) is 0. The number of aryl methyl sites for hydroxylation is 1. The second-order valence-corrected chi connectivity index (χ2v) is 4.20. The summed E-state index contributed by atoms with van der Waals surface area (Å²) in [5, 5.41) is -1.27. The van der Waals surface area contributed by atoms with Crippen molar-refractivity contribution in [3.8, 4) is 0 Å². The molecule has 0 amide bonds. The van der Waals surface area contributed by atoms with E-state index in [2.05, 4.69) is 0 Å². The third kappa shape index (κ3) is 2.10. The Labute approximate surface area is 94.0 Å². The molecule has 0 fully saturated rings. The summed E-state index contributed by atoms with van der Waals surface area (Å²) >= 11 is 11.2. The van der Waals surface area contributed by atoms with Crippen LogP contribution < -0.4 is 0 Å². The molecule has 0 saturated heterocycles. The number of benzene rings is 1. The van der Waals surface area contributed by atoms with Crippen LogP contribution in [0.4, 0.5) is 0 Å². The molecule has 1 rings (SSSR count). The van der Waals surface area contributed by atoms with E-state index in [1.165, 1.54) is 5.56 Å². The summed E-state index contributed by atoms with van der Waals surface area (Å²) in [6.45, 7) is 5.99. The monoisotopic (exact) mass is 230 g/mol. The van der Waals surface area contributed by atoms with Crippen LogP contribution in [0.15, 0.2) is 12.1 Å². The Kier molecular flexibility index (Phi) is 3.57. The Balaban J connectivity index is 3.24. The minimum atomic E-state index is -0.740. The average molecular weight is 231 g/mol. The van der Waals surface area contributed by atoms with Gasteiger partial charge in [0.25, 0.3) is 0 Å². The van der Waals surface area contributed by atoms with Gasteiger partial charge in [0.1, 0.15) is 5.38 Å². The Hall–Kier alpha value is -0.530. The largest absolute Gasteiger partial charge is 0.279 e.